The first kappa shape index (κ1) is 9.64. The maximum Gasteiger partial charge on any atom is 0.432 e. The summed E-state index contributed by atoms with van der Waals surface area (Å²) in [6, 6.07) is 0. The van der Waals surface area contributed by atoms with Gasteiger partial charge in [-0.2, -0.15) is 13.2 Å². The van der Waals surface area contributed by atoms with Crippen LogP contribution in [0.2, 0.25) is 0 Å². The van der Waals surface area contributed by atoms with Crippen LogP contribution < -0.4 is 5.32 Å². The number of hydrogen-bond donors (Lipinski definition) is 1. The number of rotatable bonds is 0. The lowest BCUT2D eigenvalue weighted by Gasteiger charge is -2.19. The molecule has 76 valence electrons. The first-order valence-corrected chi connectivity index (χ1v) is 4.67. The number of fused-ring (bicyclic) bond motifs is 1. The Labute approximate surface area is 86.9 Å². The van der Waals surface area contributed by atoms with Crippen LogP contribution in [-0.4, -0.2) is 17.6 Å². The second-order valence-corrected chi connectivity index (χ2v) is 3.77. The second-order valence-electron chi connectivity index (χ2n) is 2.92. The number of nitrogens with zero attached hydrogens (tertiary/aromatic N) is 1. The zero-order valence-electron chi connectivity index (χ0n) is 6.90. The van der Waals surface area contributed by atoms with Crippen LogP contribution in [0, 0.1) is 0 Å². The molecule has 2 heterocycles. The molecule has 0 aromatic heterocycles. The minimum Gasteiger partial charge on any atom is -0.335 e. The first-order valence-electron chi connectivity index (χ1n) is 3.87. The van der Waals surface area contributed by atoms with Crippen LogP contribution in [0.4, 0.5) is 13.2 Å². The van der Waals surface area contributed by atoms with E-state index in [1.165, 1.54) is 4.90 Å². The lowest BCUT2D eigenvalue weighted by atomic mass is 10.3. The van der Waals surface area contributed by atoms with Gasteiger partial charge in [-0.3, -0.25) is 0 Å². The second kappa shape index (κ2) is 3.05. The number of alkyl halides is 3. The molecule has 0 spiro atoms. The molecule has 0 amide bonds. The molecule has 0 aromatic carbocycles. The summed E-state index contributed by atoms with van der Waals surface area (Å²) < 4.78 is 37.6. The molecule has 6 heteroatoms. The fourth-order valence-electron chi connectivity index (χ4n) is 1.29. The number of allylic oxidation sites excluding steroid dienone is 3. The number of nitrogens with one attached hydrogen (secondary N) is 1. The first-order chi connectivity index (χ1) is 6.48. The minimum absolute atomic E-state index is 0.444. The molecule has 0 fully saturated rings. The lowest BCUT2D eigenvalue weighted by Crippen LogP contribution is -2.25. The molecule has 1 N–H and O–H groups in total. The van der Waals surface area contributed by atoms with Gasteiger partial charge >= 0.3 is 6.18 Å². The van der Waals surface area contributed by atoms with Crippen LogP contribution in [0.5, 0.6) is 0 Å². The van der Waals surface area contributed by atoms with Gasteiger partial charge in [-0.05, 0) is 22.0 Å². The Morgan fingerprint density at radius 1 is 1.43 bits per heavy atom. The molecule has 2 nitrogen and oxygen atoms in total. The van der Waals surface area contributed by atoms with E-state index in [2.05, 4.69) is 21.2 Å². The summed E-state index contributed by atoms with van der Waals surface area (Å²) in [6.45, 7) is 0.455. The lowest BCUT2D eigenvalue weighted by molar-refractivity contribution is -0.0950. The van der Waals surface area contributed by atoms with E-state index in [4.69, 9.17) is 0 Å². The molecule has 0 saturated carbocycles. The molecule has 14 heavy (non-hydrogen) atoms. The molecular formula is C8H6BrF3N2. The molecule has 2 rings (SSSR count). The predicted molar refractivity (Wildman–Crippen MR) is 49.1 cm³/mol. The van der Waals surface area contributed by atoms with E-state index in [1.807, 2.05) is 0 Å². The summed E-state index contributed by atoms with van der Waals surface area (Å²) >= 11 is 3.18. The van der Waals surface area contributed by atoms with Crippen molar-refractivity contribution in [2.24, 2.45) is 0 Å². The van der Waals surface area contributed by atoms with Gasteiger partial charge in [0.15, 0.2) is 0 Å². The van der Waals surface area contributed by atoms with Crippen LogP contribution in [0.15, 0.2) is 34.4 Å². The van der Waals surface area contributed by atoms with Gasteiger partial charge in [0.2, 0.25) is 0 Å². The number of halogens is 4. The highest BCUT2D eigenvalue weighted by Gasteiger charge is 2.39. The molecule has 0 unspecified atom stereocenters. The molecule has 0 atom stereocenters. The molecule has 2 aliphatic heterocycles. The van der Waals surface area contributed by atoms with E-state index in [9.17, 15) is 13.2 Å². The fraction of sp³-hybridized carbons (Fsp3) is 0.250. The Hall–Kier alpha value is -0.910. The third-order valence-electron chi connectivity index (χ3n) is 1.92. The molecule has 0 saturated heterocycles. The van der Waals surface area contributed by atoms with Crippen molar-refractivity contribution < 1.29 is 13.2 Å². The van der Waals surface area contributed by atoms with Crippen molar-refractivity contribution in [2.75, 3.05) is 6.54 Å². The summed E-state index contributed by atoms with van der Waals surface area (Å²) in [6.07, 6.45) is 0.259. The normalized spacial score (nSPS) is 20.9. The van der Waals surface area contributed by atoms with Crippen molar-refractivity contribution in [1.29, 1.82) is 0 Å². The van der Waals surface area contributed by atoms with E-state index >= 15 is 0 Å². The standard InChI is InChI=1S/C8H6BrF3N2/c9-5-2-1-3-14-4-6(8(10,11)12)13-7(5)14/h1-2,4,13H,3H2. The van der Waals surface area contributed by atoms with E-state index in [0.717, 1.165) is 6.20 Å². The molecular weight excluding hydrogens is 261 g/mol. The predicted octanol–water partition coefficient (Wildman–Crippen LogP) is 2.43. The van der Waals surface area contributed by atoms with Crippen molar-refractivity contribution in [3.05, 3.63) is 34.4 Å². The zero-order valence-corrected chi connectivity index (χ0v) is 8.48. The zero-order chi connectivity index (χ0) is 10.3. The van der Waals surface area contributed by atoms with E-state index < -0.39 is 11.9 Å². The fourth-order valence-corrected chi connectivity index (χ4v) is 1.80. The Balaban J connectivity index is 2.29. The maximum absolute atomic E-state index is 12.3. The highest BCUT2D eigenvalue weighted by Crippen LogP contribution is 2.32. The maximum atomic E-state index is 12.3. The van der Waals surface area contributed by atoms with Gasteiger partial charge in [-0.15, -0.1) is 0 Å². The topological polar surface area (TPSA) is 15.3 Å². The van der Waals surface area contributed by atoms with Crippen molar-refractivity contribution in [1.82, 2.24) is 10.2 Å². The van der Waals surface area contributed by atoms with Gasteiger partial charge in [-0.1, -0.05) is 6.08 Å². The van der Waals surface area contributed by atoms with Gasteiger partial charge in [0.05, 0.1) is 4.48 Å². The number of hydrogen-bond acceptors (Lipinski definition) is 2. The Bertz CT molecular complexity index is 354. The Morgan fingerprint density at radius 2 is 2.14 bits per heavy atom. The van der Waals surface area contributed by atoms with Crippen LogP contribution in [-0.2, 0) is 0 Å². The summed E-state index contributed by atoms with van der Waals surface area (Å²) in [4.78, 5) is 1.51. The van der Waals surface area contributed by atoms with E-state index in [-0.39, 0.29) is 0 Å². The van der Waals surface area contributed by atoms with Gasteiger partial charge in [0.25, 0.3) is 0 Å². The molecule has 0 aliphatic carbocycles. The van der Waals surface area contributed by atoms with Gasteiger partial charge in [0, 0.05) is 12.7 Å². The van der Waals surface area contributed by atoms with Gasteiger partial charge in [-0.25, -0.2) is 0 Å². The smallest absolute Gasteiger partial charge is 0.335 e. The van der Waals surface area contributed by atoms with Gasteiger partial charge < -0.3 is 10.2 Å². The molecule has 0 bridgehead atoms. The molecule has 2 aliphatic rings. The van der Waals surface area contributed by atoms with Crippen LogP contribution in [0.3, 0.4) is 0 Å². The van der Waals surface area contributed by atoms with Crippen molar-refractivity contribution >= 4 is 15.9 Å². The van der Waals surface area contributed by atoms with Gasteiger partial charge in [0.1, 0.15) is 11.5 Å². The quantitative estimate of drug-likeness (QED) is 0.725. The molecule has 0 radical (unpaired) electrons. The van der Waals surface area contributed by atoms with Crippen LogP contribution in [0.25, 0.3) is 0 Å². The average molecular weight is 267 g/mol. The Morgan fingerprint density at radius 3 is 2.71 bits per heavy atom. The highest BCUT2D eigenvalue weighted by molar-refractivity contribution is 9.11. The SMILES string of the molecule is FC(F)(F)C1=CN2CC=CC(Br)=C2N1. The minimum atomic E-state index is -4.32. The van der Waals surface area contributed by atoms with Crippen molar-refractivity contribution in [3.63, 3.8) is 0 Å². The van der Waals surface area contributed by atoms with Crippen molar-refractivity contribution in [2.45, 2.75) is 6.18 Å². The summed E-state index contributed by atoms with van der Waals surface area (Å²) in [5.74, 6) is 0.444. The van der Waals surface area contributed by atoms with Crippen molar-refractivity contribution in [3.8, 4) is 0 Å². The summed E-state index contributed by atoms with van der Waals surface area (Å²) in [5, 5.41) is 2.33. The summed E-state index contributed by atoms with van der Waals surface area (Å²) in [7, 11) is 0. The van der Waals surface area contributed by atoms with Crippen LogP contribution in [0.1, 0.15) is 0 Å². The van der Waals surface area contributed by atoms with Crippen LogP contribution >= 0.6 is 15.9 Å². The average Bonchev–Trinajstić information content (AvgIpc) is 2.48. The largest absolute Gasteiger partial charge is 0.432 e. The van der Waals surface area contributed by atoms with E-state index in [0.29, 0.717) is 16.8 Å². The third kappa shape index (κ3) is 1.54. The Kier molecular flexibility index (Phi) is 2.10. The third-order valence-corrected chi connectivity index (χ3v) is 2.56. The monoisotopic (exact) mass is 266 g/mol. The van der Waals surface area contributed by atoms with E-state index in [1.54, 1.807) is 12.2 Å². The highest BCUT2D eigenvalue weighted by atomic mass is 79.9. The molecule has 0 aromatic rings. The summed E-state index contributed by atoms with van der Waals surface area (Å²) in [5.41, 5.74) is -0.729.